The molecule has 2 nitrogen and oxygen atoms in total. The van der Waals surface area contributed by atoms with Gasteiger partial charge in [0.05, 0.1) is 0 Å². The molecule has 0 amide bonds. The third kappa shape index (κ3) is 1.96. The van der Waals surface area contributed by atoms with Crippen molar-refractivity contribution in [2.24, 2.45) is 5.84 Å². The van der Waals surface area contributed by atoms with Gasteiger partial charge in [-0.3, -0.25) is 0 Å². The Hall–Kier alpha value is -1.00. The summed E-state index contributed by atoms with van der Waals surface area (Å²) in [5.41, 5.74) is 3.02. The average Bonchev–Trinajstić information content (AvgIpc) is 2.05. The van der Waals surface area contributed by atoms with E-state index in [1.54, 1.807) is 12.1 Å². The fourth-order valence-corrected chi connectivity index (χ4v) is 0.821. The van der Waals surface area contributed by atoms with Crippen molar-refractivity contribution in [2.75, 3.05) is 0 Å². The van der Waals surface area contributed by atoms with E-state index in [0.717, 1.165) is 0 Å². The van der Waals surface area contributed by atoms with Crippen LogP contribution < -0.4 is 11.3 Å². The van der Waals surface area contributed by atoms with Gasteiger partial charge in [0.1, 0.15) is 10.8 Å². The summed E-state index contributed by atoms with van der Waals surface area (Å²) in [5, 5.41) is 0. The molecule has 0 bridgehead atoms. The van der Waals surface area contributed by atoms with E-state index in [1.807, 2.05) is 0 Å². The van der Waals surface area contributed by atoms with E-state index in [4.69, 9.17) is 18.1 Å². The third-order valence-corrected chi connectivity index (χ3v) is 1.59. The summed E-state index contributed by atoms with van der Waals surface area (Å²) < 4.78 is 12.4. The Morgan fingerprint density at radius 1 is 1.36 bits per heavy atom. The fraction of sp³-hybridized carbons (Fsp3) is 0. The highest BCUT2D eigenvalue weighted by atomic mass is 32.1. The van der Waals surface area contributed by atoms with Crippen LogP contribution in [0.3, 0.4) is 0 Å². The van der Waals surface area contributed by atoms with Gasteiger partial charge in [0.25, 0.3) is 0 Å². The summed E-state index contributed by atoms with van der Waals surface area (Å²) in [6, 6.07) is 5.80. The molecule has 3 N–H and O–H groups in total. The molecule has 4 heteroatoms. The minimum Gasteiger partial charge on any atom is -0.314 e. The highest BCUT2D eigenvalue weighted by molar-refractivity contribution is 7.80. The van der Waals surface area contributed by atoms with Gasteiger partial charge in [-0.1, -0.05) is 12.2 Å². The van der Waals surface area contributed by atoms with Crippen LogP contribution in [0.15, 0.2) is 24.3 Å². The van der Waals surface area contributed by atoms with E-state index in [9.17, 15) is 4.39 Å². The standard InChI is InChI=1S/C7H7FN2S/c8-6-3-1-5(2-4-6)7(11)10-9/h1-4H,9H2,(H,10,11). The monoisotopic (exact) mass is 170 g/mol. The number of nitrogens with one attached hydrogen (secondary N) is 1. The van der Waals surface area contributed by atoms with E-state index in [1.165, 1.54) is 12.1 Å². The summed E-state index contributed by atoms with van der Waals surface area (Å²) in [7, 11) is 0. The molecule has 0 saturated carbocycles. The van der Waals surface area contributed by atoms with Crippen LogP contribution in [0, 0.1) is 5.82 Å². The molecule has 0 fully saturated rings. The number of nitrogens with two attached hydrogens (primary N) is 1. The number of hydrogen-bond donors (Lipinski definition) is 2. The van der Waals surface area contributed by atoms with Crippen molar-refractivity contribution in [3.63, 3.8) is 0 Å². The van der Waals surface area contributed by atoms with Gasteiger partial charge in [0, 0.05) is 5.56 Å². The number of hydrogen-bond acceptors (Lipinski definition) is 2. The van der Waals surface area contributed by atoms with E-state index >= 15 is 0 Å². The second-order valence-electron chi connectivity index (χ2n) is 1.98. The van der Waals surface area contributed by atoms with Crippen LogP contribution in [0.1, 0.15) is 5.56 Å². The Bertz CT molecular complexity index is 258. The lowest BCUT2D eigenvalue weighted by molar-refractivity contribution is 0.627. The molecule has 58 valence electrons. The maximum absolute atomic E-state index is 12.4. The van der Waals surface area contributed by atoms with Crippen molar-refractivity contribution in [3.05, 3.63) is 35.6 Å². The summed E-state index contributed by atoms with van der Waals surface area (Å²) in [5.74, 6) is 4.77. The second kappa shape index (κ2) is 3.41. The van der Waals surface area contributed by atoms with Gasteiger partial charge < -0.3 is 5.43 Å². The molecule has 0 aliphatic carbocycles. The highest BCUT2D eigenvalue weighted by Crippen LogP contribution is 2.02. The van der Waals surface area contributed by atoms with Gasteiger partial charge in [-0.15, -0.1) is 0 Å². The first-order valence-corrected chi connectivity index (χ1v) is 3.41. The van der Waals surface area contributed by atoms with Crippen molar-refractivity contribution in [3.8, 4) is 0 Å². The molecule has 0 aliphatic rings. The number of benzene rings is 1. The minimum atomic E-state index is -0.284. The molecule has 11 heavy (non-hydrogen) atoms. The molecule has 0 heterocycles. The second-order valence-corrected chi connectivity index (χ2v) is 2.39. The van der Waals surface area contributed by atoms with E-state index < -0.39 is 0 Å². The van der Waals surface area contributed by atoms with Crippen LogP contribution in [0.2, 0.25) is 0 Å². The quantitative estimate of drug-likeness (QED) is 0.374. The molecule has 0 saturated heterocycles. The normalized spacial score (nSPS) is 9.27. The van der Waals surface area contributed by atoms with Crippen LogP contribution in [-0.4, -0.2) is 4.99 Å². The lowest BCUT2D eigenvalue weighted by atomic mass is 10.2. The zero-order chi connectivity index (χ0) is 8.27. The van der Waals surface area contributed by atoms with Crippen molar-refractivity contribution in [2.45, 2.75) is 0 Å². The van der Waals surface area contributed by atoms with Crippen LogP contribution in [0.4, 0.5) is 4.39 Å². The molecule has 1 rings (SSSR count). The molecule has 0 radical (unpaired) electrons. The Kier molecular flexibility index (Phi) is 2.51. The van der Waals surface area contributed by atoms with Gasteiger partial charge in [-0.05, 0) is 24.3 Å². The summed E-state index contributed by atoms with van der Waals surface area (Å²) in [4.78, 5) is 0.407. The van der Waals surface area contributed by atoms with E-state index in [0.29, 0.717) is 10.6 Å². The third-order valence-electron chi connectivity index (χ3n) is 1.24. The molecule has 0 aromatic heterocycles. The first-order valence-electron chi connectivity index (χ1n) is 3.00. The topological polar surface area (TPSA) is 38.0 Å². The lowest BCUT2D eigenvalue weighted by Gasteiger charge is -2.00. The van der Waals surface area contributed by atoms with Gasteiger partial charge in [0.2, 0.25) is 0 Å². The summed E-state index contributed by atoms with van der Waals surface area (Å²) in [6.07, 6.45) is 0. The fourth-order valence-electron chi connectivity index (χ4n) is 0.685. The highest BCUT2D eigenvalue weighted by Gasteiger charge is 1.96. The van der Waals surface area contributed by atoms with Gasteiger partial charge in [-0.25, -0.2) is 10.2 Å². The first kappa shape index (κ1) is 8.10. The molecule has 0 spiro atoms. The number of hydrazine groups is 1. The largest absolute Gasteiger partial charge is 0.314 e. The summed E-state index contributed by atoms with van der Waals surface area (Å²) >= 11 is 4.81. The van der Waals surface area contributed by atoms with Crippen LogP contribution in [0.25, 0.3) is 0 Å². The predicted molar refractivity (Wildman–Crippen MR) is 45.4 cm³/mol. The van der Waals surface area contributed by atoms with Crippen LogP contribution in [-0.2, 0) is 0 Å². The molecule has 0 aliphatic heterocycles. The zero-order valence-electron chi connectivity index (χ0n) is 5.67. The van der Waals surface area contributed by atoms with Gasteiger partial charge in [-0.2, -0.15) is 0 Å². The van der Waals surface area contributed by atoms with Crippen LogP contribution >= 0.6 is 12.2 Å². The number of rotatable bonds is 1. The predicted octanol–water partition coefficient (Wildman–Crippen LogP) is 0.965. The number of halogens is 1. The Morgan fingerprint density at radius 3 is 2.36 bits per heavy atom. The molecule has 0 unspecified atom stereocenters. The molecule has 1 aromatic rings. The van der Waals surface area contributed by atoms with Gasteiger partial charge >= 0.3 is 0 Å². The Balaban J connectivity index is 2.90. The van der Waals surface area contributed by atoms with E-state index in [-0.39, 0.29) is 5.82 Å². The smallest absolute Gasteiger partial charge is 0.123 e. The SMILES string of the molecule is NNC(=S)c1ccc(F)cc1. The van der Waals surface area contributed by atoms with Crippen molar-refractivity contribution in [1.82, 2.24) is 5.43 Å². The van der Waals surface area contributed by atoms with Crippen molar-refractivity contribution in [1.29, 1.82) is 0 Å². The average molecular weight is 170 g/mol. The molecular weight excluding hydrogens is 163 g/mol. The maximum Gasteiger partial charge on any atom is 0.123 e. The maximum atomic E-state index is 12.4. The number of thiocarbonyl (C=S) groups is 1. The van der Waals surface area contributed by atoms with Crippen molar-refractivity contribution < 1.29 is 4.39 Å². The van der Waals surface area contributed by atoms with Crippen molar-refractivity contribution >= 4 is 17.2 Å². The van der Waals surface area contributed by atoms with Crippen LogP contribution in [0.5, 0.6) is 0 Å². The Morgan fingerprint density at radius 2 is 1.91 bits per heavy atom. The van der Waals surface area contributed by atoms with E-state index in [2.05, 4.69) is 5.43 Å². The lowest BCUT2D eigenvalue weighted by Crippen LogP contribution is -2.28. The van der Waals surface area contributed by atoms with Gasteiger partial charge in [0.15, 0.2) is 0 Å². The first-order chi connectivity index (χ1) is 5.24. The molecular formula is C7H7FN2S. The molecule has 0 atom stereocenters. The summed E-state index contributed by atoms with van der Waals surface area (Å²) in [6.45, 7) is 0. The molecule has 1 aromatic carbocycles. The Labute approximate surface area is 69.2 Å². The minimum absolute atomic E-state index is 0.284. The zero-order valence-corrected chi connectivity index (χ0v) is 6.49.